The summed E-state index contributed by atoms with van der Waals surface area (Å²) in [4.78, 5) is 9.94. The minimum absolute atomic E-state index is 0.509. The van der Waals surface area contributed by atoms with Gasteiger partial charge in [-0.1, -0.05) is 0 Å². The van der Waals surface area contributed by atoms with E-state index in [4.69, 9.17) is 10.8 Å². The minimum atomic E-state index is -0.926. The highest BCUT2D eigenvalue weighted by molar-refractivity contribution is 5.91. The fraction of sp³-hybridized carbons (Fsp3) is 0. The van der Waals surface area contributed by atoms with Gasteiger partial charge in [0.05, 0.1) is 0 Å². The van der Waals surface area contributed by atoms with Gasteiger partial charge in [0, 0.05) is 0 Å². The van der Waals surface area contributed by atoms with Crippen LogP contribution in [0.25, 0.3) is 0 Å². The van der Waals surface area contributed by atoms with E-state index in [-0.39, 0.29) is 0 Å². The molecule has 0 heterocycles. The Morgan fingerprint density at radius 3 is 1.62 bits per heavy atom. The van der Waals surface area contributed by atoms with Gasteiger partial charge in [-0.3, -0.25) is 4.79 Å². The quantitative estimate of drug-likeness (QED) is 0.237. The zero-order valence-electron chi connectivity index (χ0n) is 4.09. The maximum Gasteiger partial charge on any atom is 0.270 e. The van der Waals surface area contributed by atoms with Crippen molar-refractivity contribution >= 4 is 5.91 Å². The zero-order chi connectivity index (χ0) is 6.73. The van der Waals surface area contributed by atoms with Gasteiger partial charge in [0.25, 0.3) is 5.91 Å². The maximum atomic E-state index is 9.94. The molecule has 5 nitrogen and oxygen atoms in total. The Hall–Kier alpha value is -1.39. The predicted octanol–water partition coefficient (Wildman–Crippen LogP) is -1.88. The molecule has 0 atom stereocenters. The molecule has 0 aromatic carbocycles. The van der Waals surface area contributed by atoms with Gasteiger partial charge in [-0.15, -0.1) is 0 Å². The molecule has 5 heteroatoms. The van der Waals surface area contributed by atoms with E-state index in [0.717, 1.165) is 0 Å². The van der Waals surface area contributed by atoms with Crippen molar-refractivity contribution in [3.05, 3.63) is 11.6 Å². The van der Waals surface area contributed by atoms with E-state index in [1.54, 1.807) is 0 Å². The molecular formula is C3H7N3O2. The van der Waals surface area contributed by atoms with Crippen LogP contribution in [0, 0.1) is 0 Å². The van der Waals surface area contributed by atoms with E-state index in [9.17, 15) is 4.79 Å². The first kappa shape index (κ1) is 6.61. The summed E-state index contributed by atoms with van der Waals surface area (Å²) in [6.07, 6.45) is 0. The molecule has 46 valence electrons. The molecule has 0 spiro atoms. The third-order valence-corrected chi connectivity index (χ3v) is 0.541. The van der Waals surface area contributed by atoms with Crippen LogP contribution in [0.4, 0.5) is 0 Å². The van der Waals surface area contributed by atoms with Gasteiger partial charge in [0.1, 0.15) is 0 Å². The Morgan fingerprint density at radius 1 is 1.25 bits per heavy atom. The summed E-state index contributed by atoms with van der Waals surface area (Å²) >= 11 is 0. The minimum Gasteiger partial charge on any atom is -0.493 e. The Bertz CT molecular complexity index is 135. The SMILES string of the molecule is NC(=O)/C(N)=C(/N)O. The van der Waals surface area contributed by atoms with Crippen LogP contribution < -0.4 is 17.2 Å². The Morgan fingerprint density at radius 2 is 1.62 bits per heavy atom. The second kappa shape index (κ2) is 2.06. The normalized spacial score (nSPS) is 12.5. The molecule has 0 saturated carbocycles. The van der Waals surface area contributed by atoms with E-state index in [2.05, 4.69) is 11.5 Å². The van der Waals surface area contributed by atoms with Crippen LogP contribution in [0.2, 0.25) is 0 Å². The molecule has 0 aliphatic carbocycles. The molecule has 0 unspecified atom stereocenters. The van der Waals surface area contributed by atoms with Gasteiger partial charge in [-0.25, -0.2) is 0 Å². The number of carbonyl (C=O) groups excluding carboxylic acids is 1. The molecule has 0 radical (unpaired) electrons. The van der Waals surface area contributed by atoms with Crippen LogP contribution >= 0.6 is 0 Å². The van der Waals surface area contributed by atoms with Crippen LogP contribution in [0.5, 0.6) is 0 Å². The zero-order valence-corrected chi connectivity index (χ0v) is 4.09. The lowest BCUT2D eigenvalue weighted by atomic mass is 10.4. The third-order valence-electron chi connectivity index (χ3n) is 0.541. The second-order valence-electron chi connectivity index (χ2n) is 1.16. The summed E-state index contributed by atoms with van der Waals surface area (Å²) in [5.74, 6) is -1.66. The number of nitrogens with two attached hydrogens (primary N) is 3. The Balaban J connectivity index is 4.23. The summed E-state index contributed by atoms with van der Waals surface area (Å²) < 4.78 is 0. The van der Waals surface area contributed by atoms with E-state index in [1.807, 2.05) is 0 Å². The third kappa shape index (κ3) is 1.38. The van der Waals surface area contributed by atoms with E-state index < -0.39 is 17.5 Å². The number of hydrogen-bond donors (Lipinski definition) is 4. The molecule has 0 aliphatic rings. The first-order chi connectivity index (χ1) is 3.55. The standard InChI is InChI=1S/C3H7N3O2/c4-1(2(5)7)3(6)8/h7H,4-5H2,(H2,6,8)/b2-1+. The summed E-state index contributed by atoms with van der Waals surface area (Å²) in [6, 6.07) is 0. The number of aliphatic hydroxyl groups is 1. The van der Waals surface area contributed by atoms with Gasteiger partial charge in [0.2, 0.25) is 5.88 Å². The fourth-order valence-corrected chi connectivity index (χ4v) is 0.126. The van der Waals surface area contributed by atoms with Crippen molar-refractivity contribution in [3.8, 4) is 0 Å². The fourth-order valence-electron chi connectivity index (χ4n) is 0.126. The molecule has 0 bridgehead atoms. The average molecular weight is 117 g/mol. The number of rotatable bonds is 1. The molecule has 0 aliphatic heterocycles. The van der Waals surface area contributed by atoms with Crippen LogP contribution in [-0.2, 0) is 4.79 Å². The Kier molecular flexibility index (Phi) is 1.70. The summed E-state index contributed by atoms with van der Waals surface area (Å²) in [7, 11) is 0. The van der Waals surface area contributed by atoms with Gasteiger partial charge >= 0.3 is 0 Å². The van der Waals surface area contributed by atoms with Crippen LogP contribution in [-0.4, -0.2) is 11.0 Å². The number of hydrogen-bond acceptors (Lipinski definition) is 4. The molecule has 0 aromatic rings. The first-order valence-electron chi connectivity index (χ1n) is 1.79. The lowest BCUT2D eigenvalue weighted by Crippen LogP contribution is -2.24. The van der Waals surface area contributed by atoms with Crippen molar-refractivity contribution in [3.63, 3.8) is 0 Å². The highest BCUT2D eigenvalue weighted by Crippen LogP contribution is 1.81. The number of carbonyl (C=O) groups is 1. The monoisotopic (exact) mass is 117 g/mol. The second-order valence-corrected chi connectivity index (χ2v) is 1.16. The van der Waals surface area contributed by atoms with Crippen LogP contribution in [0.3, 0.4) is 0 Å². The summed E-state index contributed by atoms with van der Waals surface area (Å²) in [6.45, 7) is 0. The van der Waals surface area contributed by atoms with E-state index in [0.29, 0.717) is 0 Å². The molecule has 1 amide bonds. The van der Waals surface area contributed by atoms with Crippen molar-refractivity contribution < 1.29 is 9.90 Å². The van der Waals surface area contributed by atoms with Gasteiger partial charge in [0.15, 0.2) is 5.70 Å². The average Bonchev–Trinajstić information content (AvgIpc) is 1.64. The lowest BCUT2D eigenvalue weighted by Gasteiger charge is -1.92. The Labute approximate surface area is 45.8 Å². The summed E-state index contributed by atoms with van der Waals surface area (Å²) in [5, 5.41) is 8.22. The number of aliphatic hydroxyl groups excluding tert-OH is 1. The summed E-state index contributed by atoms with van der Waals surface area (Å²) in [5.41, 5.74) is 13.5. The molecule has 0 saturated heterocycles. The highest BCUT2D eigenvalue weighted by Gasteiger charge is 2.01. The molecule has 0 aromatic heterocycles. The number of amides is 1. The molecule has 8 heavy (non-hydrogen) atoms. The highest BCUT2D eigenvalue weighted by atomic mass is 16.3. The predicted molar refractivity (Wildman–Crippen MR) is 27.2 cm³/mol. The van der Waals surface area contributed by atoms with E-state index in [1.165, 1.54) is 0 Å². The van der Waals surface area contributed by atoms with Gasteiger partial charge in [-0.05, 0) is 0 Å². The maximum absolute atomic E-state index is 9.94. The van der Waals surface area contributed by atoms with Crippen molar-refractivity contribution in [1.29, 1.82) is 0 Å². The van der Waals surface area contributed by atoms with Crippen LogP contribution in [0.15, 0.2) is 11.6 Å². The van der Waals surface area contributed by atoms with Crippen molar-refractivity contribution in [2.24, 2.45) is 17.2 Å². The van der Waals surface area contributed by atoms with Gasteiger partial charge in [-0.2, -0.15) is 0 Å². The smallest absolute Gasteiger partial charge is 0.270 e. The first-order valence-corrected chi connectivity index (χ1v) is 1.79. The topological polar surface area (TPSA) is 115 Å². The van der Waals surface area contributed by atoms with Crippen molar-refractivity contribution in [2.45, 2.75) is 0 Å². The molecule has 7 N–H and O–H groups in total. The van der Waals surface area contributed by atoms with E-state index >= 15 is 0 Å². The van der Waals surface area contributed by atoms with Crippen LogP contribution in [0.1, 0.15) is 0 Å². The number of primary amides is 1. The largest absolute Gasteiger partial charge is 0.493 e. The lowest BCUT2D eigenvalue weighted by molar-refractivity contribution is -0.114. The van der Waals surface area contributed by atoms with Crippen molar-refractivity contribution in [1.82, 2.24) is 0 Å². The molecular weight excluding hydrogens is 110 g/mol. The van der Waals surface area contributed by atoms with Crippen molar-refractivity contribution in [2.75, 3.05) is 0 Å². The molecule has 0 rings (SSSR count). The van der Waals surface area contributed by atoms with Gasteiger partial charge < -0.3 is 22.3 Å². The molecule has 0 fully saturated rings.